The number of benzene rings is 1. The van der Waals surface area contributed by atoms with E-state index in [1.807, 2.05) is 35.7 Å². The standard InChI is InChI=1S/C21H26BN5O4S/c28-20(27-18(22(30)31)8-4-7-15-5-2-1-3-6-15)16(13-19-25-11-12-32-19)26-21(29)17-14-23-9-10-24-17/h1-3,5-6,9-12,14,16,18-19,25,30-31H,4,7-8,13H2,(H,26,29)(H,27,28)/t16-,18+,19?/m1/s1. The summed E-state index contributed by atoms with van der Waals surface area (Å²) in [5, 5.41) is 29.8. The largest absolute Gasteiger partial charge is 0.475 e. The van der Waals surface area contributed by atoms with Crippen LogP contribution in [0.5, 0.6) is 0 Å². The first-order valence-electron chi connectivity index (χ1n) is 10.4. The second kappa shape index (κ2) is 12.2. The Balaban J connectivity index is 1.61. The van der Waals surface area contributed by atoms with Gasteiger partial charge in [0.15, 0.2) is 0 Å². The maximum atomic E-state index is 13.0. The highest BCUT2D eigenvalue weighted by Crippen LogP contribution is 2.20. The lowest BCUT2D eigenvalue weighted by atomic mass is 9.76. The fourth-order valence-electron chi connectivity index (χ4n) is 3.29. The zero-order valence-corrected chi connectivity index (χ0v) is 18.2. The Labute approximate surface area is 191 Å². The number of thioether (sulfide) groups is 1. The van der Waals surface area contributed by atoms with E-state index in [0.717, 1.165) is 12.0 Å². The summed E-state index contributed by atoms with van der Waals surface area (Å²) in [6.07, 6.45) is 8.03. The summed E-state index contributed by atoms with van der Waals surface area (Å²) in [5.74, 6) is -1.88. The van der Waals surface area contributed by atoms with E-state index in [9.17, 15) is 19.6 Å². The summed E-state index contributed by atoms with van der Waals surface area (Å²) in [6, 6.07) is 8.94. The molecule has 9 nitrogen and oxygen atoms in total. The van der Waals surface area contributed by atoms with E-state index in [-0.39, 0.29) is 11.1 Å². The van der Waals surface area contributed by atoms with Crippen LogP contribution >= 0.6 is 11.8 Å². The first-order chi connectivity index (χ1) is 15.5. The van der Waals surface area contributed by atoms with Crippen LogP contribution in [0.1, 0.15) is 35.3 Å². The van der Waals surface area contributed by atoms with E-state index in [1.54, 1.807) is 6.20 Å². The normalized spacial score (nSPS) is 16.6. The number of nitrogens with zero attached hydrogens (tertiary/aromatic N) is 2. The molecule has 0 radical (unpaired) electrons. The first-order valence-corrected chi connectivity index (χ1v) is 11.3. The molecule has 3 atom stereocenters. The molecule has 0 saturated carbocycles. The smallest absolute Gasteiger partial charge is 0.426 e. The minimum absolute atomic E-state index is 0.0940. The van der Waals surface area contributed by atoms with Gasteiger partial charge in [-0.3, -0.25) is 14.6 Å². The SMILES string of the molecule is O=C(N[C@H](CC1NC=CS1)C(=O)N[C@@H](CCCc1ccccc1)B(O)O)c1cnccn1. The molecule has 1 aliphatic heterocycles. The van der Waals surface area contributed by atoms with Crippen molar-refractivity contribution in [2.75, 3.05) is 0 Å². The molecule has 1 aromatic heterocycles. The monoisotopic (exact) mass is 455 g/mol. The van der Waals surface area contributed by atoms with E-state index >= 15 is 0 Å². The Kier molecular flexibility index (Phi) is 9.08. The van der Waals surface area contributed by atoms with Crippen LogP contribution in [0.3, 0.4) is 0 Å². The van der Waals surface area contributed by atoms with E-state index in [4.69, 9.17) is 0 Å². The van der Waals surface area contributed by atoms with Crippen molar-refractivity contribution in [3.8, 4) is 0 Å². The Hall–Kier alpha value is -2.89. The van der Waals surface area contributed by atoms with Crippen LogP contribution in [-0.4, -0.2) is 56.3 Å². The molecule has 0 bridgehead atoms. The van der Waals surface area contributed by atoms with Gasteiger partial charge in [0.05, 0.1) is 17.5 Å². The molecule has 0 spiro atoms. The fourth-order valence-corrected chi connectivity index (χ4v) is 4.10. The quantitative estimate of drug-likeness (QED) is 0.311. The minimum atomic E-state index is -1.72. The van der Waals surface area contributed by atoms with Gasteiger partial charge in [-0.25, -0.2) is 4.98 Å². The van der Waals surface area contributed by atoms with Gasteiger partial charge in [0, 0.05) is 25.0 Å². The van der Waals surface area contributed by atoms with Crippen LogP contribution in [0.15, 0.2) is 60.5 Å². The van der Waals surface area contributed by atoms with Crippen LogP contribution < -0.4 is 16.0 Å². The zero-order valence-electron chi connectivity index (χ0n) is 17.4. The third-order valence-electron chi connectivity index (χ3n) is 4.97. The summed E-state index contributed by atoms with van der Waals surface area (Å²) >= 11 is 1.50. The number of amides is 2. The molecular weight excluding hydrogens is 429 g/mol. The van der Waals surface area contributed by atoms with Gasteiger partial charge in [-0.1, -0.05) is 30.3 Å². The number of aromatic nitrogens is 2. The number of aryl methyl sites for hydroxylation is 1. The average Bonchev–Trinajstić information content (AvgIpc) is 3.32. The number of carbonyl (C=O) groups excluding carboxylic acids is 2. The van der Waals surface area contributed by atoms with Gasteiger partial charge in [0.1, 0.15) is 11.7 Å². The molecule has 2 heterocycles. The molecule has 0 saturated heterocycles. The van der Waals surface area contributed by atoms with Gasteiger partial charge in [-0.2, -0.15) is 0 Å². The van der Waals surface area contributed by atoms with Gasteiger partial charge in [0.25, 0.3) is 5.91 Å². The molecule has 3 rings (SSSR count). The second-order valence-corrected chi connectivity index (χ2v) is 8.47. The number of hydrogen-bond donors (Lipinski definition) is 5. The maximum Gasteiger partial charge on any atom is 0.475 e. The van der Waals surface area contributed by atoms with Gasteiger partial charge in [-0.15, -0.1) is 11.8 Å². The van der Waals surface area contributed by atoms with Gasteiger partial charge in [0.2, 0.25) is 5.91 Å². The molecule has 32 heavy (non-hydrogen) atoms. The molecule has 2 amide bonds. The number of hydrogen-bond acceptors (Lipinski definition) is 8. The van der Waals surface area contributed by atoms with Crippen LogP contribution in [0.2, 0.25) is 0 Å². The average molecular weight is 455 g/mol. The van der Waals surface area contributed by atoms with Crippen LogP contribution in [0.25, 0.3) is 0 Å². The summed E-state index contributed by atoms with van der Waals surface area (Å²) in [6.45, 7) is 0. The third kappa shape index (κ3) is 7.36. The van der Waals surface area contributed by atoms with Crippen molar-refractivity contribution in [2.45, 2.75) is 43.0 Å². The molecule has 168 valence electrons. The summed E-state index contributed by atoms with van der Waals surface area (Å²) in [7, 11) is -1.72. The van der Waals surface area contributed by atoms with Crippen molar-refractivity contribution in [2.24, 2.45) is 0 Å². The summed E-state index contributed by atoms with van der Waals surface area (Å²) < 4.78 is 0. The topological polar surface area (TPSA) is 136 Å². The zero-order chi connectivity index (χ0) is 22.8. The van der Waals surface area contributed by atoms with E-state index < -0.39 is 30.9 Å². The van der Waals surface area contributed by atoms with Crippen LogP contribution in [0.4, 0.5) is 0 Å². The van der Waals surface area contributed by atoms with Gasteiger partial charge in [-0.05, 0) is 30.2 Å². The third-order valence-corrected chi connectivity index (χ3v) is 5.92. The number of rotatable bonds is 11. The molecule has 0 aliphatic carbocycles. The highest BCUT2D eigenvalue weighted by Gasteiger charge is 2.31. The number of nitrogens with one attached hydrogen (secondary N) is 3. The Morgan fingerprint density at radius 3 is 2.66 bits per heavy atom. The molecule has 1 aliphatic rings. The lowest BCUT2D eigenvalue weighted by Gasteiger charge is -2.25. The molecule has 2 aromatic rings. The molecule has 5 N–H and O–H groups in total. The van der Waals surface area contributed by atoms with Gasteiger partial charge >= 0.3 is 7.12 Å². The Morgan fingerprint density at radius 1 is 1.19 bits per heavy atom. The second-order valence-electron chi connectivity index (χ2n) is 7.35. The molecule has 0 fully saturated rings. The molecule has 11 heteroatoms. The van der Waals surface area contributed by atoms with Crippen molar-refractivity contribution < 1.29 is 19.6 Å². The van der Waals surface area contributed by atoms with Gasteiger partial charge < -0.3 is 26.0 Å². The van der Waals surface area contributed by atoms with Crippen LogP contribution in [0, 0.1) is 0 Å². The predicted octanol–water partition coefficient (Wildman–Crippen LogP) is 0.618. The van der Waals surface area contributed by atoms with E-state index in [0.29, 0.717) is 19.3 Å². The lowest BCUT2D eigenvalue weighted by molar-refractivity contribution is -0.123. The summed E-state index contributed by atoms with van der Waals surface area (Å²) in [5.41, 5.74) is 1.23. The fraction of sp³-hybridized carbons (Fsp3) is 0.333. The number of carbonyl (C=O) groups is 2. The van der Waals surface area contributed by atoms with Crippen LogP contribution in [-0.2, 0) is 11.2 Å². The van der Waals surface area contributed by atoms with Crippen molar-refractivity contribution in [1.82, 2.24) is 25.9 Å². The van der Waals surface area contributed by atoms with Crippen molar-refractivity contribution in [3.05, 3.63) is 71.8 Å². The highest BCUT2D eigenvalue weighted by atomic mass is 32.2. The minimum Gasteiger partial charge on any atom is -0.426 e. The summed E-state index contributed by atoms with van der Waals surface area (Å²) in [4.78, 5) is 33.4. The van der Waals surface area contributed by atoms with E-state index in [2.05, 4.69) is 25.9 Å². The Morgan fingerprint density at radius 2 is 2.00 bits per heavy atom. The van der Waals surface area contributed by atoms with Crippen molar-refractivity contribution >= 4 is 30.7 Å². The molecule has 1 aromatic carbocycles. The Bertz CT molecular complexity index is 896. The molecule has 1 unspecified atom stereocenters. The lowest BCUT2D eigenvalue weighted by Crippen LogP contribution is -2.55. The first kappa shape index (κ1) is 23.8. The molecular formula is C21H26BN5O4S. The highest BCUT2D eigenvalue weighted by molar-refractivity contribution is 8.02. The van der Waals surface area contributed by atoms with Crippen molar-refractivity contribution in [1.29, 1.82) is 0 Å². The van der Waals surface area contributed by atoms with Crippen molar-refractivity contribution in [3.63, 3.8) is 0 Å². The predicted molar refractivity (Wildman–Crippen MR) is 123 cm³/mol. The van der Waals surface area contributed by atoms with E-state index in [1.165, 1.54) is 30.4 Å². The maximum absolute atomic E-state index is 13.0.